The van der Waals surface area contributed by atoms with Gasteiger partial charge in [0.15, 0.2) is 0 Å². The molecule has 4 rings (SSSR count). The number of halogens is 2. The van der Waals surface area contributed by atoms with E-state index in [1.54, 1.807) is 0 Å². The Morgan fingerprint density at radius 3 is 2.45 bits per heavy atom. The van der Waals surface area contributed by atoms with E-state index in [9.17, 15) is 28.3 Å². The van der Waals surface area contributed by atoms with Crippen molar-refractivity contribution in [2.45, 2.75) is 32.4 Å². The van der Waals surface area contributed by atoms with Gasteiger partial charge in [-0.15, -0.1) is 0 Å². The van der Waals surface area contributed by atoms with Gasteiger partial charge in [-0.1, -0.05) is 26.0 Å². The van der Waals surface area contributed by atoms with E-state index in [0.717, 1.165) is 12.1 Å². The first-order valence-electron chi connectivity index (χ1n) is 10.0. The van der Waals surface area contributed by atoms with E-state index in [4.69, 9.17) is 0 Å². The van der Waals surface area contributed by atoms with Crippen molar-refractivity contribution >= 4 is 17.8 Å². The molecule has 1 aliphatic carbocycles. The first-order valence-corrected chi connectivity index (χ1v) is 10.0. The number of hydrogen-bond donors (Lipinski definition) is 2. The van der Waals surface area contributed by atoms with Crippen molar-refractivity contribution in [1.82, 2.24) is 10.2 Å². The first kappa shape index (κ1) is 21.0. The lowest BCUT2D eigenvalue weighted by molar-refractivity contribution is -0.149. The van der Waals surface area contributed by atoms with E-state index in [1.807, 2.05) is 13.8 Å². The number of nitrogens with zero attached hydrogens (tertiary/aromatic N) is 1. The molecule has 1 heterocycles. The Labute approximate surface area is 177 Å². The van der Waals surface area contributed by atoms with Crippen molar-refractivity contribution in [2.24, 2.45) is 11.3 Å². The van der Waals surface area contributed by atoms with Crippen molar-refractivity contribution in [3.05, 3.63) is 59.7 Å². The third-order valence-electron chi connectivity index (χ3n) is 6.71. The van der Waals surface area contributed by atoms with Gasteiger partial charge < -0.3 is 15.3 Å². The standard InChI is InChI=1S/C23H22F2N2O4/c1-12-20-23(12,2)10-18(22(30)31)27(20)19(28)11-26-21(29)14-5-3-13(4-6-14)16-8-7-15(24)9-17(16)25/h3-9,12,18,20H,10-11H2,1-2H3,(H,26,29)(H,30,31)/t12-,18+,20+,23-/m1/s1. The molecule has 2 aliphatic rings. The summed E-state index contributed by atoms with van der Waals surface area (Å²) in [4.78, 5) is 38.1. The highest BCUT2D eigenvalue weighted by atomic mass is 19.1. The molecular formula is C23H22F2N2O4. The summed E-state index contributed by atoms with van der Waals surface area (Å²) in [6.45, 7) is 3.67. The van der Waals surface area contributed by atoms with Crippen LogP contribution in [-0.2, 0) is 9.59 Å². The Hall–Kier alpha value is -3.29. The van der Waals surface area contributed by atoms with Crippen LogP contribution in [0.25, 0.3) is 11.1 Å². The lowest BCUT2D eigenvalue weighted by Crippen LogP contribution is -2.48. The summed E-state index contributed by atoms with van der Waals surface area (Å²) in [5.74, 6) is -3.12. The molecule has 2 fully saturated rings. The number of carbonyl (C=O) groups is 3. The highest BCUT2D eigenvalue weighted by Crippen LogP contribution is 2.63. The number of carbonyl (C=O) groups excluding carboxylic acids is 2. The number of rotatable bonds is 5. The third kappa shape index (κ3) is 3.56. The molecule has 4 atom stereocenters. The first-order chi connectivity index (χ1) is 14.6. The van der Waals surface area contributed by atoms with Crippen molar-refractivity contribution in [1.29, 1.82) is 0 Å². The highest BCUT2D eigenvalue weighted by Gasteiger charge is 2.70. The summed E-state index contributed by atoms with van der Waals surface area (Å²) in [5, 5.41) is 12.0. The van der Waals surface area contributed by atoms with Crippen molar-refractivity contribution in [3.8, 4) is 11.1 Å². The fourth-order valence-corrected chi connectivity index (χ4v) is 4.75. The molecule has 2 amide bonds. The average Bonchev–Trinajstić information content (AvgIpc) is 3.08. The van der Waals surface area contributed by atoms with Gasteiger partial charge in [-0.3, -0.25) is 9.59 Å². The van der Waals surface area contributed by atoms with Gasteiger partial charge >= 0.3 is 5.97 Å². The van der Waals surface area contributed by atoms with Crippen LogP contribution < -0.4 is 5.32 Å². The zero-order chi connectivity index (χ0) is 22.5. The number of aliphatic carboxylic acids is 1. The molecule has 0 radical (unpaired) electrons. The molecule has 162 valence electrons. The summed E-state index contributed by atoms with van der Waals surface area (Å²) in [6, 6.07) is 8.29. The second kappa shape index (κ2) is 7.44. The number of amides is 2. The minimum atomic E-state index is -1.04. The number of piperidine rings is 1. The number of likely N-dealkylation sites (tertiary alicyclic amines) is 1. The van der Waals surface area contributed by atoms with Crippen LogP contribution in [0.1, 0.15) is 30.6 Å². The van der Waals surface area contributed by atoms with Crippen LogP contribution in [0.2, 0.25) is 0 Å². The maximum Gasteiger partial charge on any atom is 0.326 e. The SMILES string of the molecule is C[C@@H]1[C@@H]2N(C(=O)CNC(=O)c3ccc(-c4ccc(F)cc4F)cc3)[C@H](C(=O)O)C[C@]12C. The number of hydrogen-bond acceptors (Lipinski definition) is 3. The molecule has 0 unspecified atom stereocenters. The van der Waals surface area contributed by atoms with Gasteiger partial charge in [0, 0.05) is 23.2 Å². The highest BCUT2D eigenvalue weighted by molar-refractivity contribution is 5.97. The Morgan fingerprint density at radius 2 is 1.84 bits per heavy atom. The quantitative estimate of drug-likeness (QED) is 0.766. The normalized spacial score (nSPS) is 26.3. The van der Waals surface area contributed by atoms with Crippen LogP contribution in [0.3, 0.4) is 0 Å². The minimum absolute atomic E-state index is 0.122. The van der Waals surface area contributed by atoms with Crippen LogP contribution in [0.4, 0.5) is 8.78 Å². The maximum atomic E-state index is 13.9. The molecule has 0 spiro atoms. The van der Waals surface area contributed by atoms with E-state index in [0.29, 0.717) is 12.0 Å². The van der Waals surface area contributed by atoms with Crippen LogP contribution in [-0.4, -0.2) is 46.4 Å². The molecule has 6 nitrogen and oxygen atoms in total. The molecule has 0 bridgehead atoms. The van der Waals surface area contributed by atoms with Crippen LogP contribution in [0.5, 0.6) is 0 Å². The average molecular weight is 428 g/mol. The van der Waals surface area contributed by atoms with E-state index in [1.165, 1.54) is 35.2 Å². The molecule has 1 aliphatic heterocycles. The lowest BCUT2D eigenvalue weighted by Gasteiger charge is -2.25. The van der Waals surface area contributed by atoms with Crippen molar-refractivity contribution in [3.63, 3.8) is 0 Å². The second-order valence-electron chi connectivity index (χ2n) is 8.48. The van der Waals surface area contributed by atoms with E-state index in [-0.39, 0.29) is 35.0 Å². The number of carboxylic acid groups (broad SMARTS) is 1. The van der Waals surface area contributed by atoms with Gasteiger partial charge in [0.05, 0.1) is 6.54 Å². The minimum Gasteiger partial charge on any atom is -0.480 e. The fraction of sp³-hybridized carbons (Fsp3) is 0.348. The Kier molecular flexibility index (Phi) is 5.03. The monoisotopic (exact) mass is 428 g/mol. The lowest BCUT2D eigenvalue weighted by atomic mass is 9.99. The molecule has 2 aromatic rings. The van der Waals surface area contributed by atoms with E-state index >= 15 is 0 Å². The predicted molar refractivity (Wildman–Crippen MR) is 108 cm³/mol. The van der Waals surface area contributed by atoms with Gasteiger partial charge in [0.1, 0.15) is 17.7 Å². The topological polar surface area (TPSA) is 86.7 Å². The Bertz CT molecular complexity index is 1070. The molecule has 0 aromatic heterocycles. The smallest absolute Gasteiger partial charge is 0.326 e. The largest absolute Gasteiger partial charge is 0.480 e. The number of nitrogens with one attached hydrogen (secondary N) is 1. The van der Waals surface area contributed by atoms with Crippen molar-refractivity contribution < 1.29 is 28.3 Å². The van der Waals surface area contributed by atoms with Crippen LogP contribution in [0.15, 0.2) is 42.5 Å². The van der Waals surface area contributed by atoms with E-state index in [2.05, 4.69) is 5.32 Å². The van der Waals surface area contributed by atoms with Gasteiger partial charge in [0.25, 0.3) is 5.91 Å². The molecule has 31 heavy (non-hydrogen) atoms. The molecule has 1 saturated carbocycles. The zero-order valence-corrected chi connectivity index (χ0v) is 17.1. The molecule has 1 saturated heterocycles. The summed E-state index contributed by atoms with van der Waals surface area (Å²) < 4.78 is 27.0. The fourth-order valence-electron chi connectivity index (χ4n) is 4.75. The molecule has 2 N–H and O–H groups in total. The predicted octanol–water partition coefficient (Wildman–Crippen LogP) is 3.07. The van der Waals surface area contributed by atoms with Crippen molar-refractivity contribution in [2.75, 3.05) is 6.54 Å². The van der Waals surface area contributed by atoms with Gasteiger partial charge in [0.2, 0.25) is 5.91 Å². The third-order valence-corrected chi connectivity index (χ3v) is 6.71. The van der Waals surface area contributed by atoms with E-state index < -0.39 is 35.5 Å². The maximum absolute atomic E-state index is 13.9. The molecular weight excluding hydrogens is 406 g/mol. The second-order valence-corrected chi connectivity index (χ2v) is 8.48. The van der Waals surface area contributed by atoms with Gasteiger partial charge in [-0.25, -0.2) is 13.6 Å². The Balaban J connectivity index is 1.41. The number of fused-ring (bicyclic) bond motifs is 1. The number of benzene rings is 2. The summed E-state index contributed by atoms with van der Waals surface area (Å²) in [7, 11) is 0. The summed E-state index contributed by atoms with van der Waals surface area (Å²) >= 11 is 0. The molecule has 2 aromatic carbocycles. The van der Waals surface area contributed by atoms with Gasteiger partial charge in [-0.05, 0) is 47.6 Å². The Morgan fingerprint density at radius 1 is 1.16 bits per heavy atom. The zero-order valence-electron chi connectivity index (χ0n) is 17.1. The summed E-state index contributed by atoms with van der Waals surface area (Å²) in [5.41, 5.74) is 0.765. The molecule has 8 heteroatoms. The number of carboxylic acids is 1. The van der Waals surface area contributed by atoms with Crippen LogP contribution >= 0.6 is 0 Å². The van der Waals surface area contributed by atoms with Gasteiger partial charge in [-0.2, -0.15) is 0 Å². The summed E-state index contributed by atoms with van der Waals surface area (Å²) in [6.07, 6.45) is 0.412. The van der Waals surface area contributed by atoms with Crippen LogP contribution in [0, 0.1) is 23.0 Å².